The predicted octanol–water partition coefficient (Wildman–Crippen LogP) is 2.39. The minimum atomic E-state index is 0.407. The van der Waals surface area contributed by atoms with Gasteiger partial charge in [-0.2, -0.15) is 0 Å². The van der Waals surface area contributed by atoms with Gasteiger partial charge in [0.25, 0.3) is 0 Å². The van der Waals surface area contributed by atoms with E-state index in [0.29, 0.717) is 18.2 Å². The predicted molar refractivity (Wildman–Crippen MR) is 63.1 cm³/mol. The van der Waals surface area contributed by atoms with Gasteiger partial charge in [0.15, 0.2) is 0 Å². The topological polar surface area (TPSA) is 63.8 Å². The molecule has 2 aromatic heterocycles. The fourth-order valence-electron chi connectivity index (χ4n) is 1.09. The van der Waals surface area contributed by atoms with E-state index in [-0.39, 0.29) is 0 Å². The van der Waals surface area contributed by atoms with E-state index in [1.807, 2.05) is 12.1 Å². The van der Waals surface area contributed by atoms with E-state index in [1.54, 1.807) is 6.20 Å². The van der Waals surface area contributed by atoms with Gasteiger partial charge in [-0.25, -0.2) is 4.98 Å². The van der Waals surface area contributed by atoms with Gasteiger partial charge in [0.2, 0.25) is 0 Å². The first-order valence-electron chi connectivity index (χ1n) is 4.29. The number of hydrogen-bond acceptors (Lipinski definition) is 5. The first-order chi connectivity index (χ1) is 7.24. The molecule has 0 fully saturated rings. The summed E-state index contributed by atoms with van der Waals surface area (Å²) in [5, 5.41) is 3.11. The summed E-state index contributed by atoms with van der Waals surface area (Å²) in [6, 6.07) is 3.84. The molecule has 0 bridgehead atoms. The van der Waals surface area contributed by atoms with Crippen molar-refractivity contribution in [2.45, 2.75) is 6.54 Å². The molecule has 0 saturated carbocycles. The molecule has 0 aromatic carbocycles. The maximum atomic E-state index is 5.81. The van der Waals surface area contributed by atoms with Crippen molar-refractivity contribution < 1.29 is 0 Å². The summed E-state index contributed by atoms with van der Waals surface area (Å²) in [7, 11) is 0. The van der Waals surface area contributed by atoms with Crippen molar-refractivity contribution in [3.05, 3.63) is 33.7 Å². The Bertz CT molecular complexity index is 457. The number of nitrogens with one attached hydrogen (secondary N) is 1. The van der Waals surface area contributed by atoms with Crippen LogP contribution in [0.5, 0.6) is 0 Å². The molecular weight excluding hydrogens is 232 g/mol. The van der Waals surface area contributed by atoms with E-state index in [1.165, 1.54) is 17.5 Å². The highest BCUT2D eigenvalue weighted by molar-refractivity contribution is 7.16. The maximum Gasteiger partial charge on any atom is 0.147 e. The summed E-state index contributed by atoms with van der Waals surface area (Å²) >= 11 is 7.34. The number of thiophene rings is 1. The molecule has 2 rings (SSSR count). The van der Waals surface area contributed by atoms with Gasteiger partial charge in [-0.15, -0.1) is 11.3 Å². The second kappa shape index (κ2) is 4.46. The molecule has 15 heavy (non-hydrogen) atoms. The van der Waals surface area contributed by atoms with E-state index in [2.05, 4.69) is 15.3 Å². The fourth-order valence-corrected chi connectivity index (χ4v) is 2.12. The van der Waals surface area contributed by atoms with Gasteiger partial charge in [0.05, 0.1) is 23.3 Å². The Hall–Kier alpha value is -1.33. The zero-order chi connectivity index (χ0) is 10.7. The summed E-state index contributed by atoms with van der Waals surface area (Å²) in [6.45, 7) is 0.676. The third kappa shape index (κ3) is 2.81. The fraction of sp³-hybridized carbons (Fsp3) is 0.111. The summed E-state index contributed by atoms with van der Waals surface area (Å²) in [6.07, 6.45) is 3.14. The van der Waals surface area contributed by atoms with Gasteiger partial charge in [0.1, 0.15) is 11.6 Å². The van der Waals surface area contributed by atoms with Crippen LogP contribution in [-0.4, -0.2) is 9.97 Å². The van der Waals surface area contributed by atoms with Crippen LogP contribution in [0, 0.1) is 0 Å². The SMILES string of the molecule is Nc1cncc(NCc2ccc(Cl)s2)n1. The number of aromatic nitrogens is 2. The Morgan fingerprint density at radius 3 is 2.93 bits per heavy atom. The number of nitrogens with two attached hydrogens (primary N) is 1. The average molecular weight is 241 g/mol. The van der Waals surface area contributed by atoms with Crippen molar-refractivity contribution in [2.75, 3.05) is 11.1 Å². The van der Waals surface area contributed by atoms with Crippen LogP contribution < -0.4 is 11.1 Å². The number of nitrogen functional groups attached to an aromatic ring is 1. The molecule has 0 amide bonds. The molecule has 3 N–H and O–H groups in total. The highest BCUT2D eigenvalue weighted by Crippen LogP contribution is 2.21. The molecule has 0 aliphatic carbocycles. The Morgan fingerprint density at radius 2 is 2.27 bits per heavy atom. The largest absolute Gasteiger partial charge is 0.382 e. The van der Waals surface area contributed by atoms with Gasteiger partial charge in [-0.3, -0.25) is 4.98 Å². The number of nitrogens with zero attached hydrogens (tertiary/aromatic N) is 2. The van der Waals surface area contributed by atoms with Crippen molar-refractivity contribution in [3.8, 4) is 0 Å². The van der Waals surface area contributed by atoms with Gasteiger partial charge in [0, 0.05) is 4.88 Å². The molecule has 0 unspecified atom stereocenters. The zero-order valence-corrected chi connectivity index (χ0v) is 9.35. The standard InChI is InChI=1S/C9H9ClN4S/c10-7-2-1-6(15-7)3-13-9-5-12-4-8(11)14-9/h1-2,4-5H,3H2,(H3,11,13,14). The zero-order valence-electron chi connectivity index (χ0n) is 7.77. The Kier molecular flexibility index (Phi) is 3.03. The summed E-state index contributed by atoms with van der Waals surface area (Å²) in [5.41, 5.74) is 5.50. The van der Waals surface area contributed by atoms with Crippen LogP contribution in [0.3, 0.4) is 0 Å². The molecule has 0 radical (unpaired) electrons. The monoisotopic (exact) mass is 240 g/mol. The third-order valence-electron chi connectivity index (χ3n) is 1.73. The van der Waals surface area contributed by atoms with E-state index < -0.39 is 0 Å². The van der Waals surface area contributed by atoms with Crippen molar-refractivity contribution in [1.29, 1.82) is 0 Å². The maximum absolute atomic E-state index is 5.81. The summed E-state index contributed by atoms with van der Waals surface area (Å²) in [5.74, 6) is 1.07. The van der Waals surface area contributed by atoms with Gasteiger partial charge in [-0.05, 0) is 12.1 Å². The highest BCUT2D eigenvalue weighted by Gasteiger charge is 1.99. The lowest BCUT2D eigenvalue weighted by atomic mass is 10.4. The molecule has 78 valence electrons. The second-order valence-electron chi connectivity index (χ2n) is 2.89. The Balaban J connectivity index is 1.99. The van der Waals surface area contributed by atoms with Crippen LogP contribution >= 0.6 is 22.9 Å². The quantitative estimate of drug-likeness (QED) is 0.865. The second-order valence-corrected chi connectivity index (χ2v) is 4.69. The molecule has 4 nitrogen and oxygen atoms in total. The van der Waals surface area contributed by atoms with Gasteiger partial charge >= 0.3 is 0 Å². The lowest BCUT2D eigenvalue weighted by Gasteiger charge is -2.03. The molecule has 0 saturated heterocycles. The van der Waals surface area contributed by atoms with Gasteiger partial charge in [-0.1, -0.05) is 11.6 Å². The van der Waals surface area contributed by atoms with Crippen LogP contribution in [0.4, 0.5) is 11.6 Å². The molecule has 0 aliphatic rings. The van der Waals surface area contributed by atoms with Crippen LogP contribution in [-0.2, 0) is 6.54 Å². The number of rotatable bonds is 3. The first-order valence-corrected chi connectivity index (χ1v) is 5.49. The molecule has 0 spiro atoms. The number of halogens is 1. The molecule has 6 heteroatoms. The van der Waals surface area contributed by atoms with E-state index >= 15 is 0 Å². The lowest BCUT2D eigenvalue weighted by molar-refractivity contribution is 1.11. The summed E-state index contributed by atoms with van der Waals surface area (Å²) in [4.78, 5) is 9.14. The van der Waals surface area contributed by atoms with Crippen molar-refractivity contribution in [2.24, 2.45) is 0 Å². The van der Waals surface area contributed by atoms with E-state index in [0.717, 1.165) is 9.21 Å². The van der Waals surface area contributed by atoms with E-state index in [4.69, 9.17) is 17.3 Å². The third-order valence-corrected chi connectivity index (χ3v) is 2.96. The van der Waals surface area contributed by atoms with Gasteiger partial charge < -0.3 is 11.1 Å². The smallest absolute Gasteiger partial charge is 0.147 e. The molecule has 0 atom stereocenters. The highest BCUT2D eigenvalue weighted by atomic mass is 35.5. The lowest BCUT2D eigenvalue weighted by Crippen LogP contribution is -2.02. The van der Waals surface area contributed by atoms with Crippen LogP contribution in [0.1, 0.15) is 4.88 Å². The van der Waals surface area contributed by atoms with Crippen LogP contribution in [0.2, 0.25) is 4.34 Å². The van der Waals surface area contributed by atoms with Crippen LogP contribution in [0.25, 0.3) is 0 Å². The Labute approximate surface area is 96.1 Å². The van der Waals surface area contributed by atoms with Crippen LogP contribution in [0.15, 0.2) is 24.5 Å². The minimum Gasteiger partial charge on any atom is -0.382 e. The van der Waals surface area contributed by atoms with Crippen molar-refractivity contribution in [3.63, 3.8) is 0 Å². The average Bonchev–Trinajstić information content (AvgIpc) is 2.62. The number of hydrogen-bond donors (Lipinski definition) is 2. The van der Waals surface area contributed by atoms with Crippen molar-refractivity contribution in [1.82, 2.24) is 9.97 Å². The van der Waals surface area contributed by atoms with Crippen molar-refractivity contribution >= 4 is 34.6 Å². The minimum absolute atomic E-state index is 0.407. The summed E-state index contributed by atoms with van der Waals surface area (Å²) < 4.78 is 0.783. The Morgan fingerprint density at radius 1 is 1.40 bits per heavy atom. The molecule has 2 aromatic rings. The first kappa shape index (κ1) is 10.2. The number of anilines is 2. The van der Waals surface area contributed by atoms with E-state index in [9.17, 15) is 0 Å². The molecule has 0 aliphatic heterocycles. The molecular formula is C9H9ClN4S. The molecule has 2 heterocycles. The normalized spacial score (nSPS) is 10.2.